The molecule has 0 aliphatic heterocycles. The highest BCUT2D eigenvalue weighted by Crippen LogP contribution is 2.25. The van der Waals surface area contributed by atoms with E-state index >= 15 is 0 Å². The number of rotatable bonds is 4. The number of carbonyl (C=O) groups excluding carboxylic acids is 1. The zero-order valence-electron chi connectivity index (χ0n) is 11.2. The summed E-state index contributed by atoms with van der Waals surface area (Å²) < 4.78 is 10.4. The lowest BCUT2D eigenvalue weighted by Crippen LogP contribution is -2.43. The van der Waals surface area contributed by atoms with E-state index in [0.29, 0.717) is 17.2 Å². The van der Waals surface area contributed by atoms with Crippen LogP contribution in [0, 0.1) is 0 Å². The van der Waals surface area contributed by atoms with Crippen molar-refractivity contribution < 1.29 is 14.3 Å². The number of nitrogen functional groups attached to an aromatic ring is 1. The Balaban J connectivity index is 2.54. The summed E-state index contributed by atoms with van der Waals surface area (Å²) >= 11 is 0. The summed E-state index contributed by atoms with van der Waals surface area (Å²) in [5.41, 5.74) is 5.95. The Bertz CT molecular complexity index is 425. The van der Waals surface area contributed by atoms with Gasteiger partial charge in [0, 0.05) is 11.6 Å². The molecule has 1 amide bonds. The number of anilines is 1. The van der Waals surface area contributed by atoms with Crippen LogP contribution in [0.3, 0.4) is 0 Å². The first kappa shape index (κ1) is 14.2. The van der Waals surface area contributed by atoms with E-state index in [1.165, 1.54) is 0 Å². The normalized spacial score (nSPS) is 10.9. The van der Waals surface area contributed by atoms with Crippen LogP contribution in [0.4, 0.5) is 5.69 Å². The lowest BCUT2D eigenvalue weighted by Gasteiger charge is -2.20. The molecule has 0 fully saturated rings. The van der Waals surface area contributed by atoms with Crippen LogP contribution < -0.4 is 20.5 Å². The predicted octanol–water partition coefficient (Wildman–Crippen LogP) is 1.57. The van der Waals surface area contributed by atoms with Crippen LogP contribution in [0.15, 0.2) is 18.2 Å². The van der Waals surface area contributed by atoms with Crippen LogP contribution in [0.1, 0.15) is 20.8 Å². The number of benzene rings is 1. The third kappa shape index (κ3) is 4.53. The quantitative estimate of drug-likeness (QED) is 0.798. The number of methoxy groups -OCH3 is 1. The summed E-state index contributed by atoms with van der Waals surface area (Å²) in [4.78, 5) is 11.5. The van der Waals surface area contributed by atoms with Gasteiger partial charge in [0.15, 0.2) is 6.61 Å². The molecule has 0 saturated carbocycles. The van der Waals surface area contributed by atoms with Crippen LogP contribution in [-0.2, 0) is 4.79 Å². The topological polar surface area (TPSA) is 73.6 Å². The summed E-state index contributed by atoms with van der Waals surface area (Å²) in [5.74, 6) is 0.954. The van der Waals surface area contributed by atoms with E-state index in [4.69, 9.17) is 15.2 Å². The molecule has 0 radical (unpaired) electrons. The van der Waals surface area contributed by atoms with E-state index in [1.54, 1.807) is 25.3 Å². The number of ether oxygens (including phenoxy) is 2. The molecule has 0 aliphatic carbocycles. The smallest absolute Gasteiger partial charge is 0.258 e. The molecule has 18 heavy (non-hydrogen) atoms. The number of carbonyl (C=O) groups is 1. The molecule has 0 saturated heterocycles. The Labute approximate surface area is 107 Å². The van der Waals surface area contributed by atoms with Gasteiger partial charge in [-0.3, -0.25) is 4.79 Å². The largest absolute Gasteiger partial charge is 0.495 e. The molecule has 0 aromatic heterocycles. The maximum atomic E-state index is 11.5. The third-order valence-corrected chi connectivity index (χ3v) is 2.09. The van der Waals surface area contributed by atoms with E-state index < -0.39 is 0 Å². The standard InChI is InChI=1S/C13H20N2O3/c1-13(2,3)15-12(16)8-18-9-5-6-11(17-4)10(14)7-9/h5-7H,8,14H2,1-4H3,(H,15,16). The number of hydrogen-bond donors (Lipinski definition) is 2. The molecule has 0 unspecified atom stereocenters. The van der Waals surface area contributed by atoms with Gasteiger partial charge < -0.3 is 20.5 Å². The zero-order valence-corrected chi connectivity index (χ0v) is 11.2. The van der Waals surface area contributed by atoms with Crippen LogP contribution in [-0.4, -0.2) is 25.2 Å². The summed E-state index contributed by atoms with van der Waals surface area (Å²) in [6.07, 6.45) is 0. The van der Waals surface area contributed by atoms with Gasteiger partial charge in [-0.1, -0.05) is 0 Å². The molecule has 3 N–H and O–H groups in total. The molecule has 0 atom stereocenters. The Morgan fingerprint density at radius 3 is 2.56 bits per heavy atom. The molecular weight excluding hydrogens is 232 g/mol. The Morgan fingerprint density at radius 1 is 1.39 bits per heavy atom. The number of nitrogens with one attached hydrogen (secondary N) is 1. The first-order valence-corrected chi connectivity index (χ1v) is 5.69. The van der Waals surface area contributed by atoms with Gasteiger partial charge >= 0.3 is 0 Å². The number of hydrogen-bond acceptors (Lipinski definition) is 4. The zero-order chi connectivity index (χ0) is 13.8. The fourth-order valence-corrected chi connectivity index (χ4v) is 1.41. The lowest BCUT2D eigenvalue weighted by atomic mass is 10.1. The minimum atomic E-state index is -0.265. The molecule has 0 bridgehead atoms. The first-order valence-electron chi connectivity index (χ1n) is 5.69. The van der Waals surface area contributed by atoms with Crippen molar-refractivity contribution >= 4 is 11.6 Å². The fourth-order valence-electron chi connectivity index (χ4n) is 1.41. The molecule has 1 aromatic rings. The summed E-state index contributed by atoms with van der Waals surface area (Å²) in [5, 5.41) is 2.81. The summed E-state index contributed by atoms with van der Waals surface area (Å²) in [7, 11) is 1.54. The second-order valence-electron chi connectivity index (χ2n) is 4.99. The maximum Gasteiger partial charge on any atom is 0.258 e. The second-order valence-corrected chi connectivity index (χ2v) is 4.99. The van der Waals surface area contributed by atoms with Gasteiger partial charge in [0.05, 0.1) is 12.8 Å². The third-order valence-electron chi connectivity index (χ3n) is 2.09. The molecule has 0 spiro atoms. The van der Waals surface area contributed by atoms with E-state index in [2.05, 4.69) is 5.32 Å². The Kier molecular flexibility index (Phi) is 4.42. The molecule has 1 rings (SSSR count). The van der Waals surface area contributed by atoms with Gasteiger partial charge in [0.25, 0.3) is 5.91 Å². The molecule has 5 heteroatoms. The number of nitrogens with two attached hydrogens (primary N) is 1. The van der Waals surface area contributed by atoms with Gasteiger partial charge in [0.2, 0.25) is 0 Å². The fraction of sp³-hybridized carbons (Fsp3) is 0.462. The molecule has 0 heterocycles. The van der Waals surface area contributed by atoms with Crippen LogP contribution in [0.5, 0.6) is 11.5 Å². The minimum absolute atomic E-state index is 0.0387. The average Bonchev–Trinajstić information content (AvgIpc) is 2.24. The van der Waals surface area contributed by atoms with Crippen LogP contribution in [0.25, 0.3) is 0 Å². The lowest BCUT2D eigenvalue weighted by molar-refractivity contribution is -0.124. The Morgan fingerprint density at radius 2 is 2.06 bits per heavy atom. The van der Waals surface area contributed by atoms with Crippen molar-refractivity contribution in [1.29, 1.82) is 0 Å². The predicted molar refractivity (Wildman–Crippen MR) is 70.8 cm³/mol. The average molecular weight is 252 g/mol. The second kappa shape index (κ2) is 5.62. The van der Waals surface area contributed by atoms with Crippen LogP contribution in [0.2, 0.25) is 0 Å². The van der Waals surface area contributed by atoms with Gasteiger partial charge in [-0.15, -0.1) is 0 Å². The van der Waals surface area contributed by atoms with Crippen molar-refractivity contribution in [1.82, 2.24) is 5.32 Å². The molecular formula is C13H20N2O3. The van der Waals surface area contributed by atoms with Gasteiger partial charge in [-0.25, -0.2) is 0 Å². The molecule has 5 nitrogen and oxygen atoms in total. The first-order chi connectivity index (χ1) is 8.31. The molecule has 1 aromatic carbocycles. The maximum absolute atomic E-state index is 11.5. The SMILES string of the molecule is COc1ccc(OCC(=O)NC(C)(C)C)cc1N. The van der Waals surface area contributed by atoms with Gasteiger partial charge in [-0.05, 0) is 32.9 Å². The Hall–Kier alpha value is -1.91. The summed E-state index contributed by atoms with van der Waals surface area (Å²) in [6, 6.07) is 5.04. The van der Waals surface area contributed by atoms with Crippen LogP contribution >= 0.6 is 0 Å². The highest BCUT2D eigenvalue weighted by Gasteiger charge is 2.14. The van der Waals surface area contributed by atoms with E-state index in [9.17, 15) is 4.79 Å². The summed E-state index contributed by atoms with van der Waals surface area (Å²) in [6.45, 7) is 5.70. The van der Waals surface area contributed by atoms with Crippen molar-refractivity contribution in [3.05, 3.63) is 18.2 Å². The van der Waals surface area contributed by atoms with E-state index in [1.807, 2.05) is 20.8 Å². The van der Waals surface area contributed by atoms with Crippen molar-refractivity contribution in [2.45, 2.75) is 26.3 Å². The van der Waals surface area contributed by atoms with Gasteiger partial charge in [0.1, 0.15) is 11.5 Å². The monoisotopic (exact) mass is 252 g/mol. The van der Waals surface area contributed by atoms with E-state index in [-0.39, 0.29) is 18.1 Å². The van der Waals surface area contributed by atoms with Crippen molar-refractivity contribution in [3.8, 4) is 11.5 Å². The van der Waals surface area contributed by atoms with E-state index in [0.717, 1.165) is 0 Å². The highest BCUT2D eigenvalue weighted by atomic mass is 16.5. The minimum Gasteiger partial charge on any atom is -0.495 e. The molecule has 0 aliphatic rings. The molecule has 100 valence electrons. The van der Waals surface area contributed by atoms with Crippen molar-refractivity contribution in [3.63, 3.8) is 0 Å². The highest BCUT2D eigenvalue weighted by molar-refractivity contribution is 5.78. The van der Waals surface area contributed by atoms with Crippen molar-refractivity contribution in [2.75, 3.05) is 19.5 Å². The van der Waals surface area contributed by atoms with Gasteiger partial charge in [-0.2, -0.15) is 0 Å². The van der Waals surface area contributed by atoms with Crippen molar-refractivity contribution in [2.24, 2.45) is 0 Å². The number of amides is 1.